The van der Waals surface area contributed by atoms with Crippen LogP contribution in [0, 0.1) is 5.82 Å². The van der Waals surface area contributed by atoms with Gasteiger partial charge < -0.3 is 14.6 Å². The fraction of sp³-hybridized carbons (Fsp3) is 0.300. The number of aliphatic hydroxyl groups excluding tert-OH is 1. The molecule has 3 amide bonds. The first-order chi connectivity index (χ1) is 13.4. The maximum absolute atomic E-state index is 13.1. The van der Waals surface area contributed by atoms with Crippen molar-refractivity contribution >= 4 is 17.6 Å². The highest BCUT2D eigenvalue weighted by molar-refractivity contribution is 6.14. The van der Waals surface area contributed by atoms with Crippen molar-refractivity contribution in [3.05, 3.63) is 54.3 Å². The number of halogens is 1. The number of β-amino-alcohol motifs (C(OH)–C–C–N with tert-alkyl or cyclic N) is 1. The van der Waals surface area contributed by atoms with Crippen LogP contribution in [-0.2, 0) is 4.79 Å². The van der Waals surface area contributed by atoms with E-state index >= 15 is 0 Å². The molecular formula is C20H21FN2O5. The lowest BCUT2D eigenvalue weighted by Crippen LogP contribution is -2.40. The lowest BCUT2D eigenvalue weighted by Gasteiger charge is -2.20. The van der Waals surface area contributed by atoms with E-state index in [0.717, 1.165) is 4.90 Å². The second-order valence-corrected chi connectivity index (χ2v) is 6.39. The lowest BCUT2D eigenvalue weighted by molar-refractivity contribution is -0.128. The second-order valence-electron chi connectivity index (χ2n) is 6.39. The molecule has 1 saturated heterocycles. The van der Waals surface area contributed by atoms with Gasteiger partial charge in [0.2, 0.25) is 0 Å². The summed E-state index contributed by atoms with van der Waals surface area (Å²) in [6.07, 6.45) is -1.06. The Bertz CT molecular complexity index is 841. The third-order valence-corrected chi connectivity index (χ3v) is 4.45. The molecule has 0 saturated carbocycles. The molecule has 3 rings (SSSR count). The Morgan fingerprint density at radius 1 is 1.07 bits per heavy atom. The van der Waals surface area contributed by atoms with Gasteiger partial charge in [-0.05, 0) is 55.5 Å². The Balaban J connectivity index is 1.61. The summed E-state index contributed by atoms with van der Waals surface area (Å²) in [6.45, 7) is 1.30. The van der Waals surface area contributed by atoms with Gasteiger partial charge in [-0.2, -0.15) is 0 Å². The number of ether oxygens (including phenoxy) is 2. The molecule has 28 heavy (non-hydrogen) atoms. The van der Waals surface area contributed by atoms with Gasteiger partial charge in [0.25, 0.3) is 5.91 Å². The van der Waals surface area contributed by atoms with Gasteiger partial charge >= 0.3 is 6.03 Å². The van der Waals surface area contributed by atoms with E-state index in [2.05, 4.69) is 0 Å². The molecule has 1 N–H and O–H groups in total. The molecule has 0 bridgehead atoms. The molecule has 7 nitrogen and oxygen atoms in total. The summed E-state index contributed by atoms with van der Waals surface area (Å²) in [5.41, 5.74) is 0.415. The van der Waals surface area contributed by atoms with Crippen LogP contribution in [0.25, 0.3) is 0 Å². The number of carbonyl (C=O) groups is 2. The van der Waals surface area contributed by atoms with Crippen LogP contribution in [0.1, 0.15) is 6.92 Å². The van der Waals surface area contributed by atoms with E-state index in [1.807, 2.05) is 0 Å². The van der Waals surface area contributed by atoms with Crippen molar-refractivity contribution < 1.29 is 28.6 Å². The average molecular weight is 388 g/mol. The average Bonchev–Trinajstić information content (AvgIpc) is 2.91. The number of anilines is 1. The number of methoxy groups -OCH3 is 1. The normalized spacial score (nSPS) is 17.8. The number of aliphatic hydroxyl groups is 1. The molecule has 1 fully saturated rings. The molecular weight excluding hydrogens is 367 g/mol. The number of hydrogen-bond acceptors (Lipinski definition) is 5. The number of benzene rings is 2. The summed E-state index contributed by atoms with van der Waals surface area (Å²) in [6, 6.07) is 10.8. The van der Waals surface area contributed by atoms with Gasteiger partial charge in [-0.1, -0.05) is 0 Å². The quantitative estimate of drug-likeness (QED) is 0.737. The van der Waals surface area contributed by atoms with Crippen molar-refractivity contribution in [1.29, 1.82) is 0 Å². The Morgan fingerprint density at radius 3 is 2.29 bits per heavy atom. The van der Waals surface area contributed by atoms with Crippen molar-refractivity contribution in [3.8, 4) is 11.5 Å². The van der Waals surface area contributed by atoms with Crippen molar-refractivity contribution in [2.24, 2.45) is 0 Å². The zero-order valence-corrected chi connectivity index (χ0v) is 15.5. The minimum absolute atomic E-state index is 0.0890. The topological polar surface area (TPSA) is 79.3 Å². The van der Waals surface area contributed by atoms with Crippen LogP contribution in [0.5, 0.6) is 11.5 Å². The smallest absolute Gasteiger partial charge is 0.332 e. The van der Waals surface area contributed by atoms with E-state index < -0.39 is 29.9 Å². The molecule has 0 aromatic heterocycles. The first kappa shape index (κ1) is 19.6. The number of urea groups is 1. The standard InChI is InChI=1S/C20H21FN2O5/c1-13-19(25)22(20(26)23(13)15-5-3-14(21)4-6-15)11-16(24)12-28-18-9-7-17(27-2)8-10-18/h3-10,13,16,24H,11-12H2,1-2H3/t13-,16+/m1/s1. The highest BCUT2D eigenvalue weighted by Gasteiger charge is 2.43. The molecule has 0 aliphatic carbocycles. The number of nitrogens with zero attached hydrogens (tertiary/aromatic N) is 2. The Labute approximate surface area is 161 Å². The van der Waals surface area contributed by atoms with Crippen LogP contribution < -0.4 is 14.4 Å². The predicted octanol–water partition coefficient (Wildman–Crippen LogP) is 2.43. The molecule has 148 valence electrons. The molecule has 2 aromatic rings. The molecule has 8 heteroatoms. The third kappa shape index (κ3) is 4.07. The van der Waals surface area contributed by atoms with E-state index in [9.17, 15) is 19.1 Å². The van der Waals surface area contributed by atoms with Crippen molar-refractivity contribution in [1.82, 2.24) is 4.90 Å². The van der Waals surface area contributed by atoms with Gasteiger partial charge in [-0.25, -0.2) is 9.18 Å². The first-order valence-corrected chi connectivity index (χ1v) is 8.75. The minimum atomic E-state index is -1.06. The molecule has 0 spiro atoms. The largest absolute Gasteiger partial charge is 0.497 e. The van der Waals surface area contributed by atoms with E-state index in [-0.39, 0.29) is 13.2 Å². The molecule has 1 heterocycles. The molecule has 0 radical (unpaired) electrons. The van der Waals surface area contributed by atoms with Crippen LogP contribution in [0.2, 0.25) is 0 Å². The predicted molar refractivity (Wildman–Crippen MR) is 99.9 cm³/mol. The van der Waals surface area contributed by atoms with E-state index in [1.54, 1.807) is 38.3 Å². The van der Waals surface area contributed by atoms with Crippen molar-refractivity contribution in [3.63, 3.8) is 0 Å². The Morgan fingerprint density at radius 2 is 1.68 bits per heavy atom. The van der Waals surface area contributed by atoms with Gasteiger partial charge in [-0.15, -0.1) is 0 Å². The molecule has 2 aromatic carbocycles. The van der Waals surface area contributed by atoms with Gasteiger partial charge in [-0.3, -0.25) is 14.6 Å². The Hall–Kier alpha value is -3.13. The Kier molecular flexibility index (Phi) is 5.79. The zero-order valence-electron chi connectivity index (χ0n) is 15.5. The van der Waals surface area contributed by atoms with Crippen LogP contribution in [0.15, 0.2) is 48.5 Å². The van der Waals surface area contributed by atoms with Gasteiger partial charge in [0.1, 0.15) is 36.1 Å². The molecule has 1 aliphatic heterocycles. The van der Waals surface area contributed by atoms with Crippen LogP contribution in [-0.4, -0.2) is 54.4 Å². The number of imide groups is 1. The van der Waals surface area contributed by atoms with E-state index in [1.165, 1.54) is 29.2 Å². The highest BCUT2D eigenvalue weighted by Crippen LogP contribution is 2.26. The van der Waals surface area contributed by atoms with E-state index in [4.69, 9.17) is 9.47 Å². The molecule has 1 aliphatic rings. The van der Waals surface area contributed by atoms with Gasteiger partial charge in [0.15, 0.2) is 0 Å². The van der Waals surface area contributed by atoms with E-state index in [0.29, 0.717) is 17.2 Å². The maximum atomic E-state index is 13.1. The fourth-order valence-electron chi connectivity index (χ4n) is 2.96. The van der Waals surface area contributed by atoms with Crippen LogP contribution in [0.4, 0.5) is 14.9 Å². The van der Waals surface area contributed by atoms with Crippen LogP contribution >= 0.6 is 0 Å². The van der Waals surface area contributed by atoms with Crippen molar-refractivity contribution in [2.75, 3.05) is 25.2 Å². The summed E-state index contributed by atoms with van der Waals surface area (Å²) in [7, 11) is 1.56. The summed E-state index contributed by atoms with van der Waals surface area (Å²) in [5.74, 6) is 0.339. The first-order valence-electron chi connectivity index (χ1n) is 8.75. The minimum Gasteiger partial charge on any atom is -0.497 e. The maximum Gasteiger partial charge on any atom is 0.332 e. The van der Waals surface area contributed by atoms with Gasteiger partial charge in [0.05, 0.1) is 13.7 Å². The third-order valence-electron chi connectivity index (χ3n) is 4.45. The number of amides is 3. The second kappa shape index (κ2) is 8.26. The number of carbonyl (C=O) groups excluding carboxylic acids is 2. The lowest BCUT2D eigenvalue weighted by atomic mass is 10.2. The van der Waals surface area contributed by atoms with Gasteiger partial charge in [0, 0.05) is 5.69 Å². The molecule has 2 atom stereocenters. The summed E-state index contributed by atoms with van der Waals surface area (Å²) in [5, 5.41) is 10.2. The van der Waals surface area contributed by atoms with Crippen LogP contribution in [0.3, 0.4) is 0 Å². The summed E-state index contributed by atoms with van der Waals surface area (Å²) < 4.78 is 23.7. The fourth-order valence-corrected chi connectivity index (χ4v) is 2.96. The SMILES string of the molecule is COc1ccc(OC[C@@H](O)CN2C(=O)[C@@H](C)N(c3ccc(F)cc3)C2=O)cc1. The number of hydrogen-bond donors (Lipinski definition) is 1. The summed E-state index contributed by atoms with van der Waals surface area (Å²) in [4.78, 5) is 27.4. The molecule has 0 unspecified atom stereocenters. The number of rotatable bonds is 7. The van der Waals surface area contributed by atoms with Crippen molar-refractivity contribution in [2.45, 2.75) is 19.1 Å². The highest BCUT2D eigenvalue weighted by atomic mass is 19.1. The monoisotopic (exact) mass is 388 g/mol. The summed E-state index contributed by atoms with van der Waals surface area (Å²) >= 11 is 0. The zero-order chi connectivity index (χ0) is 20.3.